The number of benzene rings is 1. The number of carbonyl (C=O) groups excluding carboxylic acids is 1. The molecule has 0 aliphatic carbocycles. The quantitative estimate of drug-likeness (QED) is 0.785. The van der Waals surface area contributed by atoms with Gasteiger partial charge in [0.1, 0.15) is 11.8 Å². The van der Waals surface area contributed by atoms with Crippen molar-refractivity contribution < 1.29 is 14.3 Å². The summed E-state index contributed by atoms with van der Waals surface area (Å²) < 4.78 is 10.2. The van der Waals surface area contributed by atoms with Crippen LogP contribution in [-0.2, 0) is 9.53 Å². The zero-order valence-corrected chi connectivity index (χ0v) is 10.6. The molecule has 0 aromatic heterocycles. The predicted octanol–water partition coefficient (Wildman–Crippen LogP) is 1.17. The molecule has 5 nitrogen and oxygen atoms in total. The van der Waals surface area contributed by atoms with Gasteiger partial charge in [0.05, 0.1) is 13.7 Å². The van der Waals surface area contributed by atoms with Gasteiger partial charge in [-0.2, -0.15) is 0 Å². The van der Waals surface area contributed by atoms with Gasteiger partial charge in [0.2, 0.25) is 0 Å². The van der Waals surface area contributed by atoms with Gasteiger partial charge in [-0.05, 0) is 31.0 Å². The van der Waals surface area contributed by atoms with Crippen LogP contribution in [0.4, 0.5) is 0 Å². The fourth-order valence-corrected chi connectivity index (χ4v) is 2.03. The molecular formula is C13H18N2O3. The number of hydrazine groups is 1. The molecule has 1 aliphatic rings. The third-order valence-corrected chi connectivity index (χ3v) is 2.97. The maximum atomic E-state index is 11.6. The van der Waals surface area contributed by atoms with Crippen molar-refractivity contribution in [3.05, 3.63) is 29.8 Å². The van der Waals surface area contributed by atoms with Crippen LogP contribution in [0.1, 0.15) is 24.9 Å². The Morgan fingerprint density at radius 1 is 1.44 bits per heavy atom. The van der Waals surface area contributed by atoms with Crippen molar-refractivity contribution in [3.8, 4) is 5.75 Å². The van der Waals surface area contributed by atoms with Crippen molar-refractivity contribution in [2.24, 2.45) is 0 Å². The van der Waals surface area contributed by atoms with Gasteiger partial charge >= 0.3 is 5.97 Å². The second kappa shape index (κ2) is 5.84. The van der Waals surface area contributed by atoms with E-state index in [1.807, 2.05) is 24.3 Å². The number of hydrogen-bond acceptors (Lipinski definition) is 5. The van der Waals surface area contributed by atoms with Crippen molar-refractivity contribution in [1.82, 2.24) is 10.9 Å². The highest BCUT2D eigenvalue weighted by Crippen LogP contribution is 2.25. The van der Waals surface area contributed by atoms with E-state index in [0.717, 1.165) is 11.3 Å². The van der Waals surface area contributed by atoms with E-state index >= 15 is 0 Å². The molecule has 0 saturated carbocycles. The lowest BCUT2D eigenvalue weighted by atomic mass is 10.0. The fraction of sp³-hybridized carbons (Fsp3) is 0.462. The van der Waals surface area contributed by atoms with Gasteiger partial charge in [-0.3, -0.25) is 4.79 Å². The first kappa shape index (κ1) is 12.9. The van der Waals surface area contributed by atoms with Crippen molar-refractivity contribution >= 4 is 5.97 Å². The second-order valence-corrected chi connectivity index (χ2v) is 4.16. The summed E-state index contributed by atoms with van der Waals surface area (Å²) in [5.41, 5.74) is 7.16. The van der Waals surface area contributed by atoms with Gasteiger partial charge in [-0.15, -0.1) is 0 Å². The van der Waals surface area contributed by atoms with Crippen LogP contribution >= 0.6 is 0 Å². The third-order valence-electron chi connectivity index (χ3n) is 2.97. The number of esters is 1. The molecule has 5 heteroatoms. The van der Waals surface area contributed by atoms with Crippen LogP contribution in [0.25, 0.3) is 0 Å². The molecule has 2 atom stereocenters. The van der Waals surface area contributed by atoms with Gasteiger partial charge in [0.25, 0.3) is 0 Å². The van der Waals surface area contributed by atoms with Crippen LogP contribution < -0.4 is 15.6 Å². The van der Waals surface area contributed by atoms with Gasteiger partial charge in [0.15, 0.2) is 0 Å². The molecule has 0 spiro atoms. The van der Waals surface area contributed by atoms with Gasteiger partial charge < -0.3 is 9.47 Å². The molecule has 1 aromatic carbocycles. The highest BCUT2D eigenvalue weighted by Gasteiger charge is 2.31. The molecule has 2 rings (SSSR count). The second-order valence-electron chi connectivity index (χ2n) is 4.16. The van der Waals surface area contributed by atoms with Crippen LogP contribution in [-0.4, -0.2) is 25.7 Å². The summed E-state index contributed by atoms with van der Waals surface area (Å²) in [6, 6.07) is 7.61. The molecule has 1 aliphatic heterocycles. The number of carbonyl (C=O) groups is 1. The van der Waals surface area contributed by atoms with E-state index in [0.29, 0.717) is 13.0 Å². The Kier molecular flexibility index (Phi) is 4.17. The van der Waals surface area contributed by atoms with E-state index in [-0.39, 0.29) is 18.1 Å². The highest BCUT2D eigenvalue weighted by atomic mass is 16.5. The molecule has 1 saturated heterocycles. The van der Waals surface area contributed by atoms with E-state index in [1.54, 1.807) is 14.0 Å². The van der Waals surface area contributed by atoms with Gasteiger partial charge in [0, 0.05) is 6.04 Å². The molecule has 1 aromatic rings. The lowest BCUT2D eigenvalue weighted by Crippen LogP contribution is -2.37. The summed E-state index contributed by atoms with van der Waals surface area (Å²) in [7, 11) is 1.64. The van der Waals surface area contributed by atoms with E-state index in [1.165, 1.54) is 0 Å². The van der Waals surface area contributed by atoms with Crippen molar-refractivity contribution in [1.29, 1.82) is 0 Å². The number of hydrogen-bond donors (Lipinski definition) is 2. The van der Waals surface area contributed by atoms with Gasteiger partial charge in [-0.25, -0.2) is 10.9 Å². The topological polar surface area (TPSA) is 59.6 Å². The molecule has 98 valence electrons. The summed E-state index contributed by atoms with van der Waals surface area (Å²) in [6.45, 7) is 2.21. The lowest BCUT2D eigenvalue weighted by Gasteiger charge is -2.10. The zero-order chi connectivity index (χ0) is 13.0. The summed E-state index contributed by atoms with van der Waals surface area (Å²) in [5, 5.41) is 0. The van der Waals surface area contributed by atoms with Crippen LogP contribution in [0, 0.1) is 0 Å². The Bertz CT molecular complexity index is 422. The SMILES string of the molecule is CCOC(=O)C1CC(c2cccc(OC)c2)NN1. The average Bonchev–Trinajstić information content (AvgIpc) is 2.89. The number of methoxy groups -OCH3 is 1. The Labute approximate surface area is 106 Å². The standard InChI is InChI=1S/C13H18N2O3/c1-3-18-13(16)12-8-11(14-15-12)9-5-4-6-10(7-9)17-2/h4-7,11-12,14-15H,3,8H2,1-2H3. The Balaban J connectivity index is 2.01. The normalized spacial score (nSPS) is 22.8. The fourth-order valence-electron chi connectivity index (χ4n) is 2.03. The molecule has 0 amide bonds. The minimum absolute atomic E-state index is 0.0921. The number of ether oxygens (including phenoxy) is 2. The van der Waals surface area contributed by atoms with Crippen LogP contribution in [0.2, 0.25) is 0 Å². The maximum absolute atomic E-state index is 11.6. The Morgan fingerprint density at radius 3 is 3.00 bits per heavy atom. The first-order valence-electron chi connectivity index (χ1n) is 6.06. The molecule has 2 unspecified atom stereocenters. The minimum Gasteiger partial charge on any atom is -0.497 e. The Hall–Kier alpha value is -1.59. The van der Waals surface area contributed by atoms with Gasteiger partial charge in [-0.1, -0.05) is 12.1 Å². The van der Waals surface area contributed by atoms with E-state index in [4.69, 9.17) is 9.47 Å². The first-order chi connectivity index (χ1) is 8.74. The third kappa shape index (κ3) is 2.80. The van der Waals surface area contributed by atoms with E-state index < -0.39 is 0 Å². The average molecular weight is 250 g/mol. The van der Waals surface area contributed by atoms with Crippen molar-refractivity contribution in [2.75, 3.05) is 13.7 Å². The molecular weight excluding hydrogens is 232 g/mol. The van der Waals surface area contributed by atoms with E-state index in [9.17, 15) is 4.79 Å². The predicted molar refractivity (Wildman–Crippen MR) is 67.0 cm³/mol. The Morgan fingerprint density at radius 2 is 2.28 bits per heavy atom. The van der Waals surface area contributed by atoms with E-state index in [2.05, 4.69) is 10.9 Å². The summed E-state index contributed by atoms with van der Waals surface area (Å²) in [4.78, 5) is 11.6. The van der Waals surface area contributed by atoms with Crippen LogP contribution in [0.3, 0.4) is 0 Å². The minimum atomic E-state index is -0.291. The first-order valence-corrected chi connectivity index (χ1v) is 6.06. The molecule has 2 N–H and O–H groups in total. The number of rotatable bonds is 4. The zero-order valence-electron chi connectivity index (χ0n) is 10.6. The van der Waals surface area contributed by atoms with Crippen LogP contribution in [0.5, 0.6) is 5.75 Å². The summed E-state index contributed by atoms with van der Waals surface area (Å²) in [5.74, 6) is 0.601. The van der Waals surface area contributed by atoms with Crippen molar-refractivity contribution in [3.63, 3.8) is 0 Å². The summed E-state index contributed by atoms with van der Waals surface area (Å²) in [6.07, 6.45) is 0.673. The van der Waals surface area contributed by atoms with Crippen molar-refractivity contribution in [2.45, 2.75) is 25.4 Å². The maximum Gasteiger partial charge on any atom is 0.324 e. The summed E-state index contributed by atoms with van der Waals surface area (Å²) >= 11 is 0. The molecule has 1 fully saturated rings. The number of nitrogens with one attached hydrogen (secondary N) is 2. The molecule has 0 radical (unpaired) electrons. The highest BCUT2D eigenvalue weighted by molar-refractivity contribution is 5.76. The lowest BCUT2D eigenvalue weighted by molar-refractivity contribution is -0.145. The largest absolute Gasteiger partial charge is 0.497 e. The molecule has 18 heavy (non-hydrogen) atoms. The molecule has 0 bridgehead atoms. The van der Waals surface area contributed by atoms with Crippen LogP contribution in [0.15, 0.2) is 24.3 Å². The molecule has 1 heterocycles. The monoisotopic (exact) mass is 250 g/mol. The smallest absolute Gasteiger partial charge is 0.324 e.